The summed E-state index contributed by atoms with van der Waals surface area (Å²) in [5, 5.41) is 11.1. The van der Waals surface area contributed by atoms with Crippen LogP contribution in [0.15, 0.2) is 18.2 Å². The maximum Gasteiger partial charge on any atom is 0.325 e. The minimum Gasteiger partial charge on any atom is -0.480 e. The van der Waals surface area contributed by atoms with Crippen molar-refractivity contribution in [2.45, 2.75) is 32.7 Å². The molecule has 0 aliphatic rings. The van der Waals surface area contributed by atoms with Crippen LogP contribution in [0.5, 0.6) is 0 Å². The number of hydrogen-bond donors (Lipinski definition) is 3. The van der Waals surface area contributed by atoms with Gasteiger partial charge in [0.25, 0.3) is 0 Å². The Hall–Kier alpha value is -2.37. The number of carboxylic acid groups (broad SMARTS) is 1. The van der Waals surface area contributed by atoms with E-state index in [1.165, 1.54) is 6.92 Å². The molecule has 0 unspecified atom stereocenters. The highest BCUT2D eigenvalue weighted by molar-refractivity contribution is 5.83. The molecule has 0 fully saturated rings. The molecule has 106 valence electrons. The number of aliphatic carboxylic acids is 1. The van der Waals surface area contributed by atoms with Gasteiger partial charge in [-0.1, -0.05) is 12.1 Å². The van der Waals surface area contributed by atoms with Gasteiger partial charge in [-0.2, -0.15) is 0 Å². The fourth-order valence-corrected chi connectivity index (χ4v) is 1.95. The molecule has 1 aromatic carbocycles. The molecule has 0 saturated carbocycles. The number of aromatic amines is 1. The third kappa shape index (κ3) is 3.14. The summed E-state index contributed by atoms with van der Waals surface area (Å²) in [6.07, 6.45) is 0.656. The van der Waals surface area contributed by atoms with Crippen LogP contribution < -0.4 is 5.32 Å². The van der Waals surface area contributed by atoms with E-state index >= 15 is 0 Å². The summed E-state index contributed by atoms with van der Waals surface area (Å²) in [6, 6.07) is 4.99. The Balaban J connectivity index is 1.97. The zero-order valence-electron chi connectivity index (χ0n) is 11.4. The lowest BCUT2D eigenvalue weighted by Gasteiger charge is -2.08. The third-order valence-corrected chi connectivity index (χ3v) is 3.10. The number of nitrogens with one attached hydrogen (secondary N) is 2. The molecule has 1 heterocycles. The molecule has 0 aliphatic heterocycles. The molecular weight excluding hydrogens is 258 g/mol. The van der Waals surface area contributed by atoms with Gasteiger partial charge in [0.1, 0.15) is 11.9 Å². The molecule has 3 N–H and O–H groups in total. The lowest BCUT2D eigenvalue weighted by atomic mass is 10.2. The molecule has 0 spiro atoms. The average Bonchev–Trinajstić information content (AvgIpc) is 2.81. The number of carbonyl (C=O) groups is 2. The summed E-state index contributed by atoms with van der Waals surface area (Å²) < 4.78 is 0. The van der Waals surface area contributed by atoms with Gasteiger partial charge in [-0.3, -0.25) is 9.59 Å². The Morgan fingerprint density at radius 2 is 2.20 bits per heavy atom. The van der Waals surface area contributed by atoms with E-state index in [0.29, 0.717) is 6.42 Å². The van der Waals surface area contributed by atoms with Crippen LogP contribution in [-0.2, 0) is 16.0 Å². The smallest absolute Gasteiger partial charge is 0.325 e. The van der Waals surface area contributed by atoms with Gasteiger partial charge in [-0.05, 0) is 25.5 Å². The van der Waals surface area contributed by atoms with Crippen molar-refractivity contribution in [2.75, 3.05) is 0 Å². The number of imidazole rings is 1. The number of amides is 1. The highest BCUT2D eigenvalue weighted by Gasteiger charge is 2.14. The molecule has 0 aliphatic carbocycles. The first-order chi connectivity index (χ1) is 9.47. The monoisotopic (exact) mass is 275 g/mol. The van der Waals surface area contributed by atoms with Gasteiger partial charge in [0.15, 0.2) is 0 Å². The summed E-state index contributed by atoms with van der Waals surface area (Å²) in [7, 11) is 0. The van der Waals surface area contributed by atoms with E-state index in [4.69, 9.17) is 5.11 Å². The number of benzene rings is 1. The first-order valence-corrected chi connectivity index (χ1v) is 6.43. The Kier molecular flexibility index (Phi) is 4.02. The highest BCUT2D eigenvalue weighted by atomic mass is 16.4. The van der Waals surface area contributed by atoms with E-state index in [9.17, 15) is 9.59 Å². The summed E-state index contributed by atoms with van der Waals surface area (Å²) in [4.78, 5) is 29.8. The quantitative estimate of drug-likeness (QED) is 0.768. The lowest BCUT2D eigenvalue weighted by molar-refractivity contribution is -0.141. The molecule has 0 saturated heterocycles. The summed E-state index contributed by atoms with van der Waals surface area (Å²) >= 11 is 0. The first kappa shape index (κ1) is 14.0. The Labute approximate surface area is 116 Å². The van der Waals surface area contributed by atoms with Crippen LogP contribution in [0.2, 0.25) is 0 Å². The van der Waals surface area contributed by atoms with Crippen molar-refractivity contribution < 1.29 is 14.7 Å². The molecule has 1 amide bonds. The minimum absolute atomic E-state index is 0.205. The number of carboxylic acids is 1. The average molecular weight is 275 g/mol. The minimum atomic E-state index is -1.04. The Morgan fingerprint density at radius 3 is 2.85 bits per heavy atom. The Bertz CT molecular complexity index is 648. The number of rotatable bonds is 5. The van der Waals surface area contributed by atoms with Crippen molar-refractivity contribution >= 4 is 22.9 Å². The van der Waals surface area contributed by atoms with Crippen molar-refractivity contribution in [1.29, 1.82) is 0 Å². The molecule has 2 rings (SSSR count). The molecule has 0 radical (unpaired) electrons. The Morgan fingerprint density at radius 1 is 1.45 bits per heavy atom. The van der Waals surface area contributed by atoms with Crippen molar-refractivity contribution in [1.82, 2.24) is 15.3 Å². The second kappa shape index (κ2) is 5.73. The van der Waals surface area contributed by atoms with E-state index in [0.717, 1.165) is 22.4 Å². The van der Waals surface area contributed by atoms with Gasteiger partial charge in [0.2, 0.25) is 5.91 Å². The molecule has 6 nitrogen and oxygen atoms in total. The van der Waals surface area contributed by atoms with Crippen LogP contribution in [0.1, 0.15) is 24.7 Å². The predicted octanol–water partition coefficient (Wildman–Crippen LogP) is 1.39. The number of aromatic nitrogens is 2. The summed E-state index contributed by atoms with van der Waals surface area (Å²) in [6.45, 7) is 3.42. The van der Waals surface area contributed by atoms with Crippen LogP contribution in [0.25, 0.3) is 11.0 Å². The van der Waals surface area contributed by atoms with Crippen LogP contribution in [-0.4, -0.2) is 33.0 Å². The predicted molar refractivity (Wildman–Crippen MR) is 74.4 cm³/mol. The van der Waals surface area contributed by atoms with Crippen LogP contribution in [0, 0.1) is 6.92 Å². The van der Waals surface area contributed by atoms with Gasteiger partial charge in [-0.15, -0.1) is 0 Å². The summed E-state index contributed by atoms with van der Waals surface area (Å²) in [5.41, 5.74) is 2.93. The van der Waals surface area contributed by atoms with Gasteiger partial charge >= 0.3 is 5.97 Å². The maximum atomic E-state index is 11.6. The highest BCUT2D eigenvalue weighted by Crippen LogP contribution is 2.16. The van der Waals surface area contributed by atoms with Crippen LogP contribution >= 0.6 is 0 Å². The zero-order valence-corrected chi connectivity index (χ0v) is 11.4. The number of para-hydroxylation sites is 1. The van der Waals surface area contributed by atoms with Gasteiger partial charge < -0.3 is 15.4 Å². The van der Waals surface area contributed by atoms with Gasteiger partial charge in [-0.25, -0.2) is 4.98 Å². The lowest BCUT2D eigenvalue weighted by Crippen LogP contribution is -2.38. The van der Waals surface area contributed by atoms with Crippen molar-refractivity contribution in [2.24, 2.45) is 0 Å². The third-order valence-electron chi connectivity index (χ3n) is 3.10. The fraction of sp³-hybridized carbons (Fsp3) is 0.357. The first-order valence-electron chi connectivity index (χ1n) is 6.43. The van der Waals surface area contributed by atoms with E-state index in [2.05, 4.69) is 15.3 Å². The molecule has 2 aromatic rings. The maximum absolute atomic E-state index is 11.6. The van der Waals surface area contributed by atoms with Crippen molar-refractivity contribution in [3.63, 3.8) is 0 Å². The number of carbonyl (C=O) groups excluding carboxylic acids is 1. The topological polar surface area (TPSA) is 95.1 Å². The second-order valence-corrected chi connectivity index (χ2v) is 4.78. The number of aryl methyl sites for hydroxylation is 2. The molecule has 1 aromatic heterocycles. The molecule has 1 atom stereocenters. The van der Waals surface area contributed by atoms with Crippen LogP contribution in [0.3, 0.4) is 0 Å². The number of nitrogens with zero attached hydrogens (tertiary/aromatic N) is 1. The summed E-state index contributed by atoms with van der Waals surface area (Å²) in [5.74, 6) is -0.609. The largest absolute Gasteiger partial charge is 0.480 e. The van der Waals surface area contributed by atoms with E-state index in [1.54, 1.807) is 0 Å². The molecular formula is C14H17N3O3. The number of H-pyrrole nitrogens is 1. The van der Waals surface area contributed by atoms with E-state index < -0.39 is 12.0 Å². The van der Waals surface area contributed by atoms with E-state index in [1.807, 2.05) is 25.1 Å². The van der Waals surface area contributed by atoms with Gasteiger partial charge in [0.05, 0.1) is 11.0 Å². The zero-order chi connectivity index (χ0) is 14.7. The number of hydrogen-bond acceptors (Lipinski definition) is 3. The van der Waals surface area contributed by atoms with Crippen LogP contribution in [0.4, 0.5) is 0 Å². The molecule has 6 heteroatoms. The van der Waals surface area contributed by atoms with Crippen molar-refractivity contribution in [3.05, 3.63) is 29.6 Å². The van der Waals surface area contributed by atoms with Crippen molar-refractivity contribution in [3.8, 4) is 0 Å². The standard InChI is InChI=1S/C14H17N3O3/c1-8-4-3-5-10-13(8)17-11(16-10)6-7-12(18)15-9(2)14(19)20/h3-5,9H,6-7H2,1-2H3,(H,15,18)(H,16,17)(H,19,20)/t9-/m0/s1. The van der Waals surface area contributed by atoms with Gasteiger partial charge in [0, 0.05) is 12.8 Å². The normalized spacial score (nSPS) is 12.3. The second-order valence-electron chi connectivity index (χ2n) is 4.78. The fourth-order valence-electron chi connectivity index (χ4n) is 1.95. The molecule has 0 bridgehead atoms. The number of fused-ring (bicyclic) bond motifs is 1. The molecule has 20 heavy (non-hydrogen) atoms. The SMILES string of the molecule is Cc1cccc2[nH]c(CCC(=O)N[C@@H](C)C(=O)O)nc12. The van der Waals surface area contributed by atoms with E-state index in [-0.39, 0.29) is 12.3 Å².